The van der Waals surface area contributed by atoms with E-state index in [0.717, 1.165) is 5.69 Å². The zero-order chi connectivity index (χ0) is 25.7. The van der Waals surface area contributed by atoms with E-state index in [0.29, 0.717) is 34.9 Å². The molecule has 0 fully saturated rings. The number of aliphatic hydroxyl groups excluding tert-OH is 1. The zero-order valence-corrected chi connectivity index (χ0v) is 19.7. The van der Waals surface area contributed by atoms with E-state index in [1.54, 1.807) is 36.3 Å². The lowest BCUT2D eigenvalue weighted by molar-refractivity contribution is -0.0964. The normalized spacial score (nSPS) is 11.2. The number of benzene rings is 1. The zero-order valence-electron chi connectivity index (χ0n) is 19.0. The van der Waals surface area contributed by atoms with Crippen LogP contribution in [0.25, 0.3) is 22.5 Å². The molecule has 4 aromatic rings. The number of anilines is 2. The Morgan fingerprint density at radius 3 is 2.53 bits per heavy atom. The molecule has 0 unspecified atom stereocenters. The van der Waals surface area contributed by atoms with Crippen LogP contribution in [0.4, 0.5) is 20.3 Å². The van der Waals surface area contributed by atoms with Crippen LogP contribution in [0.5, 0.6) is 5.75 Å². The number of nitrogens with zero attached hydrogens (tertiary/aromatic N) is 4. The minimum atomic E-state index is -3.83. The maximum atomic E-state index is 13.0. The first-order valence-corrected chi connectivity index (χ1v) is 11.1. The Kier molecular flexibility index (Phi) is 7.41. The number of hydrogen-bond acceptors (Lipinski definition) is 7. The standard InChI is InChI=1S/C24H21ClF2N6O3/c1-33-20(8-9-31-33)22-19(15-2-7-21(29-13-15)28-10-11-34)12-16(14-30-22)23(35)32-17-3-5-18(6-4-17)36-24(25,26)27/h2-9,12-14,34H,10-11H2,1H3,(H,28,29)(H,32,35). The third-order valence-corrected chi connectivity index (χ3v) is 5.13. The molecule has 0 saturated heterocycles. The molecule has 0 radical (unpaired) electrons. The highest BCUT2D eigenvalue weighted by atomic mass is 35.5. The van der Waals surface area contributed by atoms with Crippen LogP contribution in [-0.4, -0.2) is 49.5 Å². The fourth-order valence-electron chi connectivity index (χ4n) is 3.40. The van der Waals surface area contributed by atoms with Gasteiger partial charge in [-0.3, -0.25) is 14.5 Å². The Morgan fingerprint density at radius 2 is 1.92 bits per heavy atom. The van der Waals surface area contributed by atoms with E-state index in [1.807, 2.05) is 12.1 Å². The number of carbonyl (C=O) groups excluding carboxylic acids is 1. The van der Waals surface area contributed by atoms with Gasteiger partial charge in [0, 0.05) is 60.6 Å². The van der Waals surface area contributed by atoms with E-state index in [4.69, 9.17) is 16.7 Å². The molecule has 186 valence electrons. The van der Waals surface area contributed by atoms with Crippen LogP contribution >= 0.6 is 11.6 Å². The van der Waals surface area contributed by atoms with E-state index in [9.17, 15) is 13.6 Å². The van der Waals surface area contributed by atoms with Gasteiger partial charge in [-0.2, -0.15) is 5.10 Å². The molecular formula is C24H21ClF2N6O3. The number of aliphatic hydroxyl groups is 1. The van der Waals surface area contributed by atoms with Crippen LogP contribution in [0, 0.1) is 0 Å². The Bertz CT molecular complexity index is 1340. The predicted octanol–water partition coefficient (Wildman–Crippen LogP) is 4.37. The molecule has 36 heavy (non-hydrogen) atoms. The lowest BCUT2D eigenvalue weighted by Gasteiger charge is -2.13. The van der Waals surface area contributed by atoms with Crippen molar-refractivity contribution in [1.82, 2.24) is 19.7 Å². The number of carbonyl (C=O) groups is 1. The summed E-state index contributed by atoms with van der Waals surface area (Å²) in [5.41, 5.74) is -0.481. The second-order valence-electron chi connectivity index (χ2n) is 7.57. The highest BCUT2D eigenvalue weighted by Crippen LogP contribution is 2.31. The van der Waals surface area contributed by atoms with Gasteiger partial charge in [0.1, 0.15) is 11.6 Å². The van der Waals surface area contributed by atoms with Crippen molar-refractivity contribution in [2.24, 2.45) is 7.05 Å². The summed E-state index contributed by atoms with van der Waals surface area (Å²) in [4.78, 5) is 21.9. The fourth-order valence-corrected chi connectivity index (χ4v) is 3.49. The van der Waals surface area contributed by atoms with Crippen LogP contribution in [0.3, 0.4) is 0 Å². The summed E-state index contributed by atoms with van der Waals surface area (Å²) in [5.74, 6) is -0.0103. The average Bonchev–Trinajstić information content (AvgIpc) is 3.28. The van der Waals surface area contributed by atoms with Gasteiger partial charge in [0.05, 0.1) is 23.6 Å². The summed E-state index contributed by atoms with van der Waals surface area (Å²) < 4.78 is 31.5. The summed E-state index contributed by atoms with van der Waals surface area (Å²) in [7, 11) is 1.79. The molecule has 0 aliphatic rings. The van der Waals surface area contributed by atoms with Crippen molar-refractivity contribution in [3.8, 4) is 28.3 Å². The molecule has 3 heterocycles. The number of pyridine rings is 2. The Balaban J connectivity index is 1.62. The van der Waals surface area contributed by atoms with Crippen molar-refractivity contribution < 1.29 is 23.4 Å². The number of aromatic nitrogens is 4. The second kappa shape index (κ2) is 10.7. The van der Waals surface area contributed by atoms with Gasteiger partial charge < -0.3 is 20.5 Å². The van der Waals surface area contributed by atoms with E-state index in [-0.39, 0.29) is 17.9 Å². The maximum absolute atomic E-state index is 13.0. The van der Waals surface area contributed by atoms with Gasteiger partial charge in [-0.15, -0.1) is 8.78 Å². The molecule has 3 aromatic heterocycles. The van der Waals surface area contributed by atoms with Gasteiger partial charge >= 0.3 is 5.57 Å². The lowest BCUT2D eigenvalue weighted by Crippen LogP contribution is -2.16. The topological polar surface area (TPSA) is 114 Å². The van der Waals surface area contributed by atoms with E-state index in [2.05, 4.69) is 30.4 Å². The number of halogens is 3. The molecule has 4 rings (SSSR count). The van der Waals surface area contributed by atoms with Crippen molar-refractivity contribution in [3.05, 3.63) is 72.7 Å². The van der Waals surface area contributed by atoms with E-state index in [1.165, 1.54) is 30.5 Å². The number of amides is 1. The monoisotopic (exact) mass is 514 g/mol. The van der Waals surface area contributed by atoms with Crippen LogP contribution in [0.15, 0.2) is 67.1 Å². The van der Waals surface area contributed by atoms with Crippen molar-refractivity contribution in [3.63, 3.8) is 0 Å². The molecule has 1 amide bonds. The number of nitrogens with one attached hydrogen (secondary N) is 2. The fraction of sp³-hybridized carbons (Fsp3) is 0.167. The summed E-state index contributed by atoms with van der Waals surface area (Å²) in [5, 5.41) is 18.9. The molecule has 3 N–H and O–H groups in total. The second-order valence-corrected chi connectivity index (χ2v) is 8.01. The van der Waals surface area contributed by atoms with Crippen LogP contribution in [0.2, 0.25) is 0 Å². The summed E-state index contributed by atoms with van der Waals surface area (Å²) in [6.45, 7) is 0.343. The molecular weight excluding hydrogens is 494 g/mol. The minimum Gasteiger partial charge on any atom is -0.420 e. The van der Waals surface area contributed by atoms with Gasteiger partial charge in [0.15, 0.2) is 0 Å². The number of alkyl halides is 3. The molecule has 0 spiro atoms. The Labute approximate surface area is 209 Å². The Hall–Kier alpha value is -4.09. The van der Waals surface area contributed by atoms with Gasteiger partial charge in [-0.25, -0.2) is 4.98 Å². The summed E-state index contributed by atoms with van der Waals surface area (Å²) in [6.07, 6.45) is 4.73. The quantitative estimate of drug-likeness (QED) is 0.284. The van der Waals surface area contributed by atoms with E-state index >= 15 is 0 Å². The highest BCUT2D eigenvalue weighted by molar-refractivity contribution is 6.20. The van der Waals surface area contributed by atoms with Crippen molar-refractivity contribution in [2.45, 2.75) is 5.57 Å². The maximum Gasteiger partial charge on any atom is 0.487 e. The summed E-state index contributed by atoms with van der Waals surface area (Å²) >= 11 is 4.77. The van der Waals surface area contributed by atoms with Gasteiger partial charge in [-0.05, 0) is 48.5 Å². The molecule has 0 atom stereocenters. The molecule has 9 nitrogen and oxygen atoms in total. The van der Waals surface area contributed by atoms with Crippen LogP contribution in [-0.2, 0) is 7.05 Å². The van der Waals surface area contributed by atoms with Gasteiger partial charge in [-0.1, -0.05) is 0 Å². The van der Waals surface area contributed by atoms with Crippen LogP contribution < -0.4 is 15.4 Å². The number of aryl methyl sites for hydroxylation is 1. The van der Waals surface area contributed by atoms with Gasteiger partial charge in [0.25, 0.3) is 5.91 Å². The van der Waals surface area contributed by atoms with E-state index < -0.39 is 11.5 Å². The highest BCUT2D eigenvalue weighted by Gasteiger charge is 2.27. The molecule has 0 saturated carbocycles. The van der Waals surface area contributed by atoms with Crippen molar-refractivity contribution in [1.29, 1.82) is 0 Å². The smallest absolute Gasteiger partial charge is 0.420 e. The SMILES string of the molecule is Cn1nccc1-c1ncc(C(=O)Nc2ccc(OC(F)(F)Cl)cc2)cc1-c1ccc(NCCO)nc1. The third-order valence-electron chi connectivity index (χ3n) is 5.05. The largest absolute Gasteiger partial charge is 0.487 e. The number of rotatable bonds is 9. The lowest BCUT2D eigenvalue weighted by atomic mass is 10.0. The molecule has 0 bridgehead atoms. The van der Waals surface area contributed by atoms with Crippen molar-refractivity contribution >= 4 is 29.0 Å². The molecule has 1 aromatic carbocycles. The number of hydrogen-bond donors (Lipinski definition) is 3. The predicted molar refractivity (Wildman–Crippen MR) is 131 cm³/mol. The first-order chi connectivity index (χ1) is 17.2. The molecule has 12 heteroatoms. The molecule has 0 aliphatic carbocycles. The van der Waals surface area contributed by atoms with Gasteiger partial charge in [0.2, 0.25) is 0 Å². The average molecular weight is 515 g/mol. The Morgan fingerprint density at radius 1 is 1.14 bits per heavy atom. The first kappa shape index (κ1) is 25.0. The molecule has 0 aliphatic heterocycles. The van der Waals surface area contributed by atoms with Crippen molar-refractivity contribution in [2.75, 3.05) is 23.8 Å². The summed E-state index contributed by atoms with van der Waals surface area (Å²) in [6, 6.07) is 12.4. The number of ether oxygens (including phenoxy) is 1. The first-order valence-electron chi connectivity index (χ1n) is 10.7. The third kappa shape index (κ3) is 6.12. The van der Waals surface area contributed by atoms with Crippen LogP contribution in [0.1, 0.15) is 10.4 Å². The minimum absolute atomic E-state index is 0.0237.